The lowest BCUT2D eigenvalue weighted by atomic mass is 9.72. The molecule has 1 atom stereocenters. The van der Waals surface area contributed by atoms with Gasteiger partial charge in [0.2, 0.25) is 0 Å². The molecule has 0 N–H and O–H groups in total. The van der Waals surface area contributed by atoms with Crippen LogP contribution in [-0.2, 0) is 36.7 Å². The van der Waals surface area contributed by atoms with E-state index in [0.29, 0.717) is 12.2 Å². The highest BCUT2D eigenvalue weighted by atomic mass is 16.7. The van der Waals surface area contributed by atoms with Crippen LogP contribution >= 0.6 is 0 Å². The molecular formula is C25H28O6. The minimum Gasteiger partial charge on any atom is -0.497 e. The molecule has 164 valence electrons. The zero-order valence-electron chi connectivity index (χ0n) is 18.3. The average Bonchev–Trinajstić information content (AvgIpc) is 2.72. The van der Waals surface area contributed by atoms with E-state index in [1.54, 1.807) is 31.4 Å². The molecule has 0 saturated carbocycles. The second-order valence-electron chi connectivity index (χ2n) is 8.49. The van der Waals surface area contributed by atoms with E-state index < -0.39 is 29.1 Å². The van der Waals surface area contributed by atoms with Crippen LogP contribution in [0.5, 0.6) is 5.75 Å². The molecule has 6 nitrogen and oxygen atoms in total. The van der Waals surface area contributed by atoms with Crippen molar-refractivity contribution in [2.45, 2.75) is 45.8 Å². The number of rotatable bonds is 8. The molecule has 1 saturated heterocycles. The zero-order chi connectivity index (χ0) is 22.6. The number of hydrogen-bond donors (Lipinski definition) is 0. The molecule has 0 aliphatic carbocycles. The first-order valence-corrected chi connectivity index (χ1v) is 10.3. The molecule has 0 aromatic heterocycles. The molecule has 31 heavy (non-hydrogen) atoms. The summed E-state index contributed by atoms with van der Waals surface area (Å²) < 4.78 is 16.2. The van der Waals surface area contributed by atoms with Gasteiger partial charge in [0.1, 0.15) is 11.5 Å². The maximum atomic E-state index is 13.2. The summed E-state index contributed by atoms with van der Waals surface area (Å²) in [5.41, 5.74) is 0.103. The summed E-state index contributed by atoms with van der Waals surface area (Å²) in [4.78, 5) is 39.0. The van der Waals surface area contributed by atoms with E-state index in [0.717, 1.165) is 11.1 Å². The van der Waals surface area contributed by atoms with Crippen LogP contribution in [0.4, 0.5) is 0 Å². The first-order valence-electron chi connectivity index (χ1n) is 10.3. The molecule has 2 aromatic carbocycles. The minimum absolute atomic E-state index is 0.0109. The van der Waals surface area contributed by atoms with Gasteiger partial charge < -0.3 is 14.2 Å². The Labute approximate surface area is 182 Å². The van der Waals surface area contributed by atoms with Crippen LogP contribution in [0.15, 0.2) is 54.6 Å². The monoisotopic (exact) mass is 424 g/mol. The summed E-state index contributed by atoms with van der Waals surface area (Å²) in [6.07, 6.45) is 0.505. The fourth-order valence-electron chi connectivity index (χ4n) is 3.90. The number of hydrogen-bond acceptors (Lipinski definition) is 6. The van der Waals surface area contributed by atoms with Crippen molar-refractivity contribution >= 4 is 17.7 Å². The van der Waals surface area contributed by atoms with E-state index in [2.05, 4.69) is 0 Å². The van der Waals surface area contributed by atoms with E-state index >= 15 is 0 Å². The van der Waals surface area contributed by atoms with Crippen LogP contribution in [0.2, 0.25) is 0 Å². The van der Waals surface area contributed by atoms with Gasteiger partial charge in [-0.1, -0.05) is 42.5 Å². The molecule has 3 rings (SSSR count). The Kier molecular flexibility index (Phi) is 6.48. The van der Waals surface area contributed by atoms with E-state index in [-0.39, 0.29) is 18.6 Å². The molecule has 1 fully saturated rings. The van der Waals surface area contributed by atoms with Gasteiger partial charge in [-0.2, -0.15) is 0 Å². The second-order valence-corrected chi connectivity index (χ2v) is 8.49. The van der Waals surface area contributed by atoms with Gasteiger partial charge in [-0.15, -0.1) is 0 Å². The second kappa shape index (κ2) is 8.92. The lowest BCUT2D eigenvalue weighted by Crippen LogP contribution is -2.56. The van der Waals surface area contributed by atoms with Gasteiger partial charge in [0.15, 0.2) is 5.41 Å². The first-order chi connectivity index (χ1) is 14.6. The Morgan fingerprint density at radius 3 is 2.03 bits per heavy atom. The minimum atomic E-state index is -1.60. The van der Waals surface area contributed by atoms with Gasteiger partial charge in [-0.05, 0) is 49.4 Å². The van der Waals surface area contributed by atoms with Crippen molar-refractivity contribution < 1.29 is 28.6 Å². The first kappa shape index (κ1) is 22.5. The molecule has 0 bridgehead atoms. The summed E-state index contributed by atoms with van der Waals surface area (Å²) in [5, 5.41) is 0. The van der Waals surface area contributed by atoms with Crippen molar-refractivity contribution in [3.8, 4) is 5.75 Å². The summed E-state index contributed by atoms with van der Waals surface area (Å²) in [6.45, 7) is 4.52. The molecule has 2 aromatic rings. The zero-order valence-corrected chi connectivity index (χ0v) is 18.3. The van der Waals surface area contributed by atoms with Gasteiger partial charge in [0.25, 0.3) is 5.79 Å². The van der Waals surface area contributed by atoms with Crippen molar-refractivity contribution in [2.75, 3.05) is 7.11 Å². The molecule has 0 radical (unpaired) electrons. The van der Waals surface area contributed by atoms with Gasteiger partial charge in [0, 0.05) is 19.8 Å². The number of cyclic esters (lactones) is 2. The summed E-state index contributed by atoms with van der Waals surface area (Å²) in [7, 11) is 1.56. The van der Waals surface area contributed by atoms with Crippen molar-refractivity contribution in [1.29, 1.82) is 0 Å². The maximum absolute atomic E-state index is 13.2. The number of carbonyl (C=O) groups excluding carboxylic acids is 3. The third kappa shape index (κ3) is 5.13. The Bertz CT molecular complexity index is 926. The van der Waals surface area contributed by atoms with Gasteiger partial charge in [-0.25, -0.2) is 0 Å². The van der Waals surface area contributed by atoms with E-state index in [9.17, 15) is 14.4 Å². The summed E-state index contributed by atoms with van der Waals surface area (Å²) in [5.74, 6) is -2.64. The number of esters is 2. The third-order valence-corrected chi connectivity index (χ3v) is 5.62. The molecule has 0 spiro atoms. The van der Waals surface area contributed by atoms with E-state index in [4.69, 9.17) is 14.2 Å². The highest BCUT2D eigenvalue weighted by Gasteiger charge is 2.57. The van der Waals surface area contributed by atoms with Crippen molar-refractivity contribution in [1.82, 2.24) is 0 Å². The molecule has 1 heterocycles. The van der Waals surface area contributed by atoms with Crippen LogP contribution in [-0.4, -0.2) is 30.6 Å². The molecule has 1 aliphatic rings. The molecule has 0 unspecified atom stereocenters. The van der Waals surface area contributed by atoms with Crippen LogP contribution in [0, 0.1) is 11.3 Å². The topological polar surface area (TPSA) is 78.9 Å². The fourth-order valence-corrected chi connectivity index (χ4v) is 3.90. The Morgan fingerprint density at radius 2 is 1.52 bits per heavy atom. The van der Waals surface area contributed by atoms with Crippen molar-refractivity contribution in [3.05, 3.63) is 65.7 Å². The highest BCUT2D eigenvalue weighted by Crippen LogP contribution is 2.41. The molecule has 6 heteroatoms. The predicted octanol–water partition coefficient (Wildman–Crippen LogP) is 3.90. The smallest absolute Gasteiger partial charge is 0.327 e. The third-order valence-electron chi connectivity index (χ3n) is 5.62. The predicted molar refractivity (Wildman–Crippen MR) is 114 cm³/mol. The number of ether oxygens (including phenoxy) is 3. The Hall–Kier alpha value is -3.15. The van der Waals surface area contributed by atoms with Gasteiger partial charge >= 0.3 is 11.9 Å². The molecule has 1 aliphatic heterocycles. The number of methoxy groups -OCH3 is 1. The normalized spacial score (nSPS) is 17.9. The SMILES string of the molecule is COc1ccc(CC2(C[C@H](Cc3ccccc3)C(C)=O)C(=O)OC(C)(C)OC2=O)cc1. The van der Waals surface area contributed by atoms with Crippen LogP contribution < -0.4 is 4.74 Å². The lowest BCUT2D eigenvalue weighted by molar-refractivity contribution is -0.252. The maximum Gasteiger partial charge on any atom is 0.327 e. The lowest BCUT2D eigenvalue weighted by Gasteiger charge is -2.41. The largest absolute Gasteiger partial charge is 0.497 e. The highest BCUT2D eigenvalue weighted by molar-refractivity contribution is 6.02. The number of benzene rings is 2. The number of carbonyl (C=O) groups is 3. The molecule has 0 amide bonds. The average molecular weight is 424 g/mol. The van der Waals surface area contributed by atoms with E-state index in [1.807, 2.05) is 30.3 Å². The van der Waals surface area contributed by atoms with Crippen molar-refractivity contribution in [2.24, 2.45) is 11.3 Å². The van der Waals surface area contributed by atoms with Crippen molar-refractivity contribution in [3.63, 3.8) is 0 Å². The van der Waals surface area contributed by atoms with Gasteiger partial charge in [-0.3, -0.25) is 14.4 Å². The standard InChI is InChI=1S/C25H28O6/c1-17(26)20(14-18-8-6-5-7-9-18)16-25(15-19-10-12-21(29-4)13-11-19)22(27)30-24(2,3)31-23(25)28/h5-13,20H,14-16H2,1-4H3/t20-/m0/s1. The van der Waals surface area contributed by atoms with E-state index in [1.165, 1.54) is 20.8 Å². The molecular weight excluding hydrogens is 396 g/mol. The Morgan fingerprint density at radius 1 is 0.935 bits per heavy atom. The van der Waals surface area contributed by atoms with Crippen LogP contribution in [0.25, 0.3) is 0 Å². The van der Waals surface area contributed by atoms with Crippen LogP contribution in [0.3, 0.4) is 0 Å². The number of ketones is 1. The summed E-state index contributed by atoms with van der Waals surface area (Å²) >= 11 is 0. The quantitative estimate of drug-likeness (QED) is 0.472. The Balaban J connectivity index is 1.96. The fraction of sp³-hybridized carbons (Fsp3) is 0.400. The van der Waals surface area contributed by atoms with Gasteiger partial charge in [0.05, 0.1) is 7.11 Å². The summed E-state index contributed by atoms with van der Waals surface area (Å²) in [6, 6.07) is 16.6. The van der Waals surface area contributed by atoms with Crippen LogP contribution in [0.1, 0.15) is 38.3 Å². The number of Topliss-reactive ketones (excluding diaryl/α,β-unsaturated/α-hetero) is 1.